The summed E-state index contributed by atoms with van der Waals surface area (Å²) in [6, 6.07) is 6.88. The maximum Gasteiger partial charge on any atom is 0.235 e. The highest BCUT2D eigenvalue weighted by atomic mass is 35.5. The number of hydrogen-bond donors (Lipinski definition) is 1. The van der Waals surface area contributed by atoms with Crippen molar-refractivity contribution in [1.29, 1.82) is 0 Å². The third-order valence-corrected chi connectivity index (χ3v) is 4.38. The monoisotopic (exact) mass is 303 g/mol. The van der Waals surface area contributed by atoms with Crippen molar-refractivity contribution in [2.75, 3.05) is 13.6 Å². The van der Waals surface area contributed by atoms with E-state index in [1.807, 2.05) is 0 Å². The minimum absolute atomic E-state index is 0.283. The Kier molecular flexibility index (Phi) is 6.00. The minimum atomic E-state index is -3.46. The minimum Gasteiger partial charge on any atom is -0.393 e. The van der Waals surface area contributed by atoms with Gasteiger partial charge in [0.15, 0.2) is 0 Å². The van der Waals surface area contributed by atoms with E-state index in [9.17, 15) is 8.42 Å². The molecule has 1 aromatic rings. The van der Waals surface area contributed by atoms with E-state index in [2.05, 4.69) is 0 Å². The fraction of sp³-hybridized carbons (Fsp3) is 0.385. The second-order valence-corrected chi connectivity index (χ2v) is 6.72. The fourth-order valence-corrected chi connectivity index (χ4v) is 2.36. The predicted octanol–water partition coefficient (Wildman–Crippen LogP) is 2.34. The van der Waals surface area contributed by atoms with Crippen molar-refractivity contribution in [3.05, 3.63) is 40.3 Å². The van der Waals surface area contributed by atoms with E-state index in [-0.39, 0.29) is 6.54 Å². The lowest BCUT2D eigenvalue weighted by Crippen LogP contribution is -2.27. The first-order valence-corrected chi connectivity index (χ1v) is 7.77. The van der Waals surface area contributed by atoms with Gasteiger partial charge in [-0.1, -0.05) is 23.7 Å². The van der Waals surface area contributed by atoms with E-state index in [0.717, 1.165) is 11.0 Å². The zero-order valence-corrected chi connectivity index (χ0v) is 12.5. The highest BCUT2D eigenvalue weighted by Crippen LogP contribution is 2.12. The third-order valence-electron chi connectivity index (χ3n) is 2.60. The van der Waals surface area contributed by atoms with Gasteiger partial charge in [0.2, 0.25) is 10.0 Å². The van der Waals surface area contributed by atoms with Crippen LogP contribution in [0.2, 0.25) is 5.02 Å². The molecule has 0 radical (unpaired) electrons. The van der Waals surface area contributed by atoms with Gasteiger partial charge in [0.25, 0.3) is 0 Å². The third kappa shape index (κ3) is 5.74. The number of rotatable bonds is 6. The first-order chi connectivity index (χ1) is 8.81. The molecule has 106 valence electrons. The van der Waals surface area contributed by atoms with E-state index in [0.29, 0.717) is 11.4 Å². The lowest BCUT2D eigenvalue weighted by molar-refractivity contribution is 0.177. The number of aliphatic hydroxyl groups excluding tert-OH is 1. The summed E-state index contributed by atoms with van der Waals surface area (Å²) in [5, 5.41) is 10.9. The molecule has 1 aromatic carbocycles. The van der Waals surface area contributed by atoms with Gasteiger partial charge in [0, 0.05) is 24.0 Å². The van der Waals surface area contributed by atoms with E-state index in [1.165, 1.54) is 17.4 Å². The Hall–Kier alpha value is -0.880. The quantitative estimate of drug-likeness (QED) is 0.877. The molecule has 0 aliphatic carbocycles. The molecule has 0 heterocycles. The molecular weight excluding hydrogens is 286 g/mol. The van der Waals surface area contributed by atoms with Crippen LogP contribution in [-0.2, 0) is 10.0 Å². The lowest BCUT2D eigenvalue weighted by Gasteiger charge is -2.15. The number of halogens is 1. The molecule has 0 bridgehead atoms. The van der Waals surface area contributed by atoms with E-state index in [4.69, 9.17) is 16.7 Å². The normalized spacial score (nSPS) is 14.2. The van der Waals surface area contributed by atoms with Gasteiger partial charge in [-0.15, -0.1) is 0 Å². The Morgan fingerprint density at radius 2 is 1.95 bits per heavy atom. The van der Waals surface area contributed by atoms with Crippen LogP contribution in [0.25, 0.3) is 6.08 Å². The van der Waals surface area contributed by atoms with Crippen molar-refractivity contribution in [2.24, 2.45) is 0 Å². The van der Waals surface area contributed by atoms with E-state index < -0.39 is 16.1 Å². The molecule has 1 N–H and O–H groups in total. The summed E-state index contributed by atoms with van der Waals surface area (Å²) in [6.07, 6.45) is 1.41. The molecule has 1 rings (SSSR count). The van der Waals surface area contributed by atoms with Gasteiger partial charge in [-0.2, -0.15) is 0 Å². The molecule has 0 aliphatic rings. The summed E-state index contributed by atoms with van der Waals surface area (Å²) < 4.78 is 25.0. The van der Waals surface area contributed by atoms with Gasteiger partial charge >= 0.3 is 0 Å². The Labute approximate surface area is 119 Å². The Morgan fingerprint density at radius 1 is 1.37 bits per heavy atom. The predicted molar refractivity (Wildman–Crippen MR) is 78.3 cm³/mol. The Morgan fingerprint density at radius 3 is 2.47 bits per heavy atom. The van der Waals surface area contributed by atoms with Crippen LogP contribution in [0.4, 0.5) is 0 Å². The zero-order valence-electron chi connectivity index (χ0n) is 11.0. The fourth-order valence-electron chi connectivity index (χ4n) is 1.34. The maximum absolute atomic E-state index is 11.9. The number of sulfonamides is 1. The largest absolute Gasteiger partial charge is 0.393 e. The maximum atomic E-state index is 11.9. The van der Waals surface area contributed by atoms with Crippen LogP contribution in [0, 0.1) is 0 Å². The van der Waals surface area contributed by atoms with Crippen molar-refractivity contribution in [3.8, 4) is 0 Å². The SMILES string of the molecule is CC(O)CCN(C)S(=O)(=O)/C=C/c1ccc(Cl)cc1. The van der Waals surface area contributed by atoms with Crippen LogP contribution < -0.4 is 0 Å². The summed E-state index contributed by atoms with van der Waals surface area (Å²) in [5.74, 6) is 0. The molecule has 1 atom stereocenters. The molecular formula is C13H18ClNO3S. The van der Waals surface area contributed by atoms with Gasteiger partial charge in [-0.3, -0.25) is 0 Å². The molecule has 4 nitrogen and oxygen atoms in total. The first-order valence-electron chi connectivity index (χ1n) is 5.89. The molecule has 0 saturated heterocycles. The summed E-state index contributed by atoms with van der Waals surface area (Å²) in [5.41, 5.74) is 0.761. The molecule has 0 amide bonds. The molecule has 0 spiro atoms. The van der Waals surface area contributed by atoms with Crippen LogP contribution in [0.1, 0.15) is 18.9 Å². The second kappa shape index (κ2) is 7.05. The average Bonchev–Trinajstić information content (AvgIpc) is 2.35. The smallest absolute Gasteiger partial charge is 0.235 e. The van der Waals surface area contributed by atoms with Crippen LogP contribution >= 0.6 is 11.6 Å². The van der Waals surface area contributed by atoms with Crippen LogP contribution in [0.5, 0.6) is 0 Å². The van der Waals surface area contributed by atoms with E-state index in [1.54, 1.807) is 31.2 Å². The Balaban J connectivity index is 2.70. The molecule has 0 fully saturated rings. The average molecular weight is 304 g/mol. The van der Waals surface area contributed by atoms with Gasteiger partial charge in [-0.05, 0) is 37.1 Å². The molecule has 1 unspecified atom stereocenters. The topological polar surface area (TPSA) is 57.6 Å². The highest BCUT2D eigenvalue weighted by Gasteiger charge is 2.14. The van der Waals surface area contributed by atoms with Crippen molar-refractivity contribution in [2.45, 2.75) is 19.4 Å². The second-order valence-electron chi connectivity index (χ2n) is 4.36. The molecule has 19 heavy (non-hydrogen) atoms. The standard InChI is InChI=1S/C13H18ClNO3S/c1-11(16)7-9-15(2)19(17,18)10-8-12-3-5-13(14)6-4-12/h3-6,8,10-11,16H,7,9H2,1-2H3/b10-8+. The summed E-state index contributed by atoms with van der Waals surface area (Å²) in [4.78, 5) is 0. The van der Waals surface area contributed by atoms with Crippen LogP contribution in [-0.4, -0.2) is 37.5 Å². The van der Waals surface area contributed by atoms with Crippen molar-refractivity contribution in [3.63, 3.8) is 0 Å². The Bertz CT molecular complexity index is 523. The van der Waals surface area contributed by atoms with Gasteiger partial charge < -0.3 is 5.11 Å². The van der Waals surface area contributed by atoms with Gasteiger partial charge in [0.05, 0.1) is 6.10 Å². The highest BCUT2D eigenvalue weighted by molar-refractivity contribution is 7.92. The number of hydrogen-bond acceptors (Lipinski definition) is 3. The lowest BCUT2D eigenvalue weighted by atomic mass is 10.2. The summed E-state index contributed by atoms with van der Waals surface area (Å²) in [6.45, 7) is 1.91. The molecule has 0 aliphatic heterocycles. The van der Waals surface area contributed by atoms with Crippen LogP contribution in [0.15, 0.2) is 29.7 Å². The number of nitrogens with zero attached hydrogens (tertiary/aromatic N) is 1. The van der Waals surface area contributed by atoms with Gasteiger partial charge in [0.1, 0.15) is 0 Å². The molecule has 0 saturated carbocycles. The molecule has 0 aromatic heterocycles. The van der Waals surface area contributed by atoms with Gasteiger partial charge in [-0.25, -0.2) is 12.7 Å². The number of benzene rings is 1. The molecule has 6 heteroatoms. The van der Waals surface area contributed by atoms with Crippen molar-refractivity contribution in [1.82, 2.24) is 4.31 Å². The van der Waals surface area contributed by atoms with Crippen LogP contribution in [0.3, 0.4) is 0 Å². The number of aliphatic hydroxyl groups is 1. The van der Waals surface area contributed by atoms with Crippen molar-refractivity contribution < 1.29 is 13.5 Å². The first kappa shape index (κ1) is 16.2. The summed E-state index contributed by atoms with van der Waals surface area (Å²) >= 11 is 5.75. The van der Waals surface area contributed by atoms with Crippen molar-refractivity contribution >= 4 is 27.7 Å². The van der Waals surface area contributed by atoms with E-state index >= 15 is 0 Å². The summed E-state index contributed by atoms with van der Waals surface area (Å²) in [7, 11) is -1.97. The zero-order chi connectivity index (χ0) is 14.5.